The van der Waals surface area contributed by atoms with Crippen LogP contribution in [0.5, 0.6) is 0 Å². The number of carbonyl (C=O) groups excluding carboxylic acids is 1. The molecule has 1 N–H and O–H groups in total. The van der Waals surface area contributed by atoms with Gasteiger partial charge >= 0.3 is 0 Å². The molecule has 0 spiro atoms. The number of piperidine rings is 2. The van der Waals surface area contributed by atoms with Crippen LogP contribution in [0.1, 0.15) is 45.1 Å². The van der Waals surface area contributed by atoms with Crippen molar-refractivity contribution >= 4 is 31.9 Å². The molecule has 6 nitrogen and oxygen atoms in total. The Balaban J connectivity index is 1.36. The van der Waals surface area contributed by atoms with E-state index in [4.69, 9.17) is 0 Å². The van der Waals surface area contributed by atoms with Crippen molar-refractivity contribution < 1.29 is 13.2 Å². The molecule has 8 heteroatoms. The number of hydrogen-bond donors (Lipinski definition) is 1. The summed E-state index contributed by atoms with van der Waals surface area (Å²) in [5.41, 5.74) is 0.778. The van der Waals surface area contributed by atoms with Crippen LogP contribution < -0.4 is 5.32 Å². The molecule has 1 aromatic carbocycles. The van der Waals surface area contributed by atoms with Gasteiger partial charge in [0.2, 0.25) is 15.9 Å². The molecule has 2 aliphatic rings. The molecule has 3 rings (SSSR count). The second-order valence-electron chi connectivity index (χ2n) is 9.41. The summed E-state index contributed by atoms with van der Waals surface area (Å²) < 4.78 is 27.9. The Hall–Kier alpha value is -0.960. The van der Waals surface area contributed by atoms with Crippen LogP contribution in [0.4, 0.5) is 0 Å². The zero-order valence-electron chi connectivity index (χ0n) is 18.7. The van der Waals surface area contributed by atoms with Gasteiger partial charge in [-0.05, 0) is 61.8 Å². The average molecular weight is 515 g/mol. The fourth-order valence-electron chi connectivity index (χ4n) is 4.91. The van der Waals surface area contributed by atoms with Gasteiger partial charge < -0.3 is 10.2 Å². The monoisotopic (exact) mass is 513 g/mol. The van der Waals surface area contributed by atoms with Crippen molar-refractivity contribution in [3.63, 3.8) is 0 Å². The minimum atomic E-state index is -3.36. The Bertz CT molecular complexity index is 813. The average Bonchev–Trinajstić information content (AvgIpc) is 2.72. The van der Waals surface area contributed by atoms with Crippen LogP contribution in [0.3, 0.4) is 0 Å². The second-order valence-corrected chi connectivity index (χ2v) is 12.3. The van der Waals surface area contributed by atoms with Crippen molar-refractivity contribution in [3.05, 3.63) is 34.3 Å². The van der Waals surface area contributed by atoms with Gasteiger partial charge in [0.1, 0.15) is 0 Å². The maximum Gasteiger partial charge on any atom is 0.223 e. The number of carbonyl (C=O) groups is 1. The lowest BCUT2D eigenvalue weighted by Crippen LogP contribution is -2.44. The van der Waals surface area contributed by atoms with E-state index in [0.29, 0.717) is 32.5 Å². The molecule has 2 heterocycles. The molecule has 2 fully saturated rings. The number of amides is 1. The Labute approximate surface area is 195 Å². The predicted octanol–water partition coefficient (Wildman–Crippen LogP) is 3.48. The predicted molar refractivity (Wildman–Crippen MR) is 128 cm³/mol. The van der Waals surface area contributed by atoms with E-state index >= 15 is 0 Å². The fourth-order valence-corrected chi connectivity index (χ4v) is 6.74. The number of rotatable bonds is 8. The lowest BCUT2D eigenvalue weighted by Gasteiger charge is -2.35. The van der Waals surface area contributed by atoms with Crippen LogP contribution >= 0.6 is 15.9 Å². The molecular weight excluding hydrogens is 478 g/mol. The second kappa shape index (κ2) is 11.3. The summed E-state index contributed by atoms with van der Waals surface area (Å²) in [6.45, 7) is 9.51. The Morgan fingerprint density at radius 1 is 1.10 bits per heavy atom. The van der Waals surface area contributed by atoms with E-state index in [-0.39, 0.29) is 17.6 Å². The highest BCUT2D eigenvalue weighted by Crippen LogP contribution is 2.23. The molecule has 0 aliphatic carbocycles. The van der Waals surface area contributed by atoms with Gasteiger partial charge in [0.05, 0.1) is 5.75 Å². The van der Waals surface area contributed by atoms with Crippen molar-refractivity contribution in [2.24, 2.45) is 17.8 Å². The molecule has 2 aliphatic heterocycles. The zero-order chi connectivity index (χ0) is 22.4. The topological polar surface area (TPSA) is 69.7 Å². The summed E-state index contributed by atoms with van der Waals surface area (Å²) >= 11 is 3.37. The van der Waals surface area contributed by atoms with Crippen LogP contribution in [-0.2, 0) is 20.6 Å². The third-order valence-electron chi connectivity index (χ3n) is 6.38. The van der Waals surface area contributed by atoms with E-state index in [1.54, 1.807) is 0 Å². The zero-order valence-corrected chi connectivity index (χ0v) is 21.1. The third kappa shape index (κ3) is 7.55. The summed E-state index contributed by atoms with van der Waals surface area (Å²) in [6, 6.07) is 7.36. The SMILES string of the molecule is CC1CC(C)CN(CCCNC(=O)C2CCN(S(=O)(=O)Cc3ccc(Br)cc3)CC2)C1. The van der Waals surface area contributed by atoms with Gasteiger partial charge in [-0.25, -0.2) is 12.7 Å². The van der Waals surface area contributed by atoms with Gasteiger partial charge in [-0.15, -0.1) is 0 Å². The van der Waals surface area contributed by atoms with Crippen molar-refractivity contribution in [2.45, 2.75) is 45.3 Å². The molecule has 31 heavy (non-hydrogen) atoms. The maximum atomic E-state index is 12.7. The van der Waals surface area contributed by atoms with Crippen LogP contribution in [0.2, 0.25) is 0 Å². The fraction of sp³-hybridized carbons (Fsp3) is 0.696. The Kier molecular flexibility index (Phi) is 8.96. The first-order chi connectivity index (χ1) is 14.7. The van der Waals surface area contributed by atoms with Gasteiger partial charge in [-0.2, -0.15) is 0 Å². The van der Waals surface area contributed by atoms with E-state index < -0.39 is 10.0 Å². The van der Waals surface area contributed by atoms with Crippen LogP contribution in [-0.4, -0.2) is 62.8 Å². The van der Waals surface area contributed by atoms with E-state index in [2.05, 4.69) is 40.0 Å². The highest BCUT2D eigenvalue weighted by Gasteiger charge is 2.31. The largest absolute Gasteiger partial charge is 0.356 e. The Morgan fingerprint density at radius 3 is 2.32 bits per heavy atom. The van der Waals surface area contributed by atoms with Gasteiger partial charge in [-0.1, -0.05) is 41.9 Å². The maximum absolute atomic E-state index is 12.7. The van der Waals surface area contributed by atoms with Crippen molar-refractivity contribution in [3.8, 4) is 0 Å². The number of nitrogens with zero attached hydrogens (tertiary/aromatic N) is 2. The van der Waals surface area contributed by atoms with Crippen molar-refractivity contribution in [1.82, 2.24) is 14.5 Å². The molecule has 2 atom stereocenters. The van der Waals surface area contributed by atoms with Crippen LogP contribution in [0, 0.1) is 17.8 Å². The van der Waals surface area contributed by atoms with Crippen LogP contribution in [0.15, 0.2) is 28.7 Å². The smallest absolute Gasteiger partial charge is 0.223 e. The van der Waals surface area contributed by atoms with Crippen molar-refractivity contribution in [1.29, 1.82) is 0 Å². The first-order valence-corrected chi connectivity index (χ1v) is 13.9. The Morgan fingerprint density at radius 2 is 1.71 bits per heavy atom. The number of nitrogens with one attached hydrogen (secondary N) is 1. The molecule has 2 saturated heterocycles. The summed E-state index contributed by atoms with van der Waals surface area (Å²) in [6.07, 6.45) is 3.45. The number of sulfonamides is 1. The molecule has 0 radical (unpaired) electrons. The lowest BCUT2D eigenvalue weighted by atomic mass is 9.92. The van der Waals surface area contributed by atoms with Crippen LogP contribution in [0.25, 0.3) is 0 Å². The summed E-state index contributed by atoms with van der Waals surface area (Å²) in [5, 5.41) is 3.08. The van der Waals surface area contributed by atoms with E-state index in [9.17, 15) is 13.2 Å². The minimum absolute atomic E-state index is 0.00484. The van der Waals surface area contributed by atoms with E-state index in [1.807, 2.05) is 24.3 Å². The first-order valence-electron chi connectivity index (χ1n) is 11.5. The lowest BCUT2D eigenvalue weighted by molar-refractivity contribution is -0.126. The quantitative estimate of drug-likeness (QED) is 0.540. The highest BCUT2D eigenvalue weighted by molar-refractivity contribution is 9.10. The molecule has 2 unspecified atom stereocenters. The minimum Gasteiger partial charge on any atom is -0.356 e. The summed E-state index contributed by atoms with van der Waals surface area (Å²) in [5.74, 6) is 1.50. The number of hydrogen-bond acceptors (Lipinski definition) is 4. The van der Waals surface area contributed by atoms with Gasteiger partial charge in [-0.3, -0.25) is 4.79 Å². The molecule has 0 bridgehead atoms. The van der Waals surface area contributed by atoms with E-state index in [1.165, 1.54) is 10.7 Å². The summed E-state index contributed by atoms with van der Waals surface area (Å²) in [4.78, 5) is 15.0. The third-order valence-corrected chi connectivity index (χ3v) is 8.75. The number of benzene rings is 1. The molecule has 0 aromatic heterocycles. The molecule has 1 amide bonds. The summed E-state index contributed by atoms with van der Waals surface area (Å²) in [7, 11) is -3.36. The molecule has 174 valence electrons. The standard InChI is InChI=1S/C23H36BrN3O3S/c1-18-14-19(2)16-26(15-18)11-3-10-25-23(28)21-8-12-27(13-9-21)31(29,30)17-20-4-6-22(24)7-5-20/h4-7,18-19,21H,3,8-17H2,1-2H3,(H,25,28). The van der Waals surface area contributed by atoms with E-state index in [0.717, 1.165) is 47.9 Å². The van der Waals surface area contributed by atoms with Gasteiger partial charge in [0.15, 0.2) is 0 Å². The molecular formula is C23H36BrN3O3S. The highest BCUT2D eigenvalue weighted by atomic mass is 79.9. The molecule has 1 aromatic rings. The molecule has 0 saturated carbocycles. The van der Waals surface area contributed by atoms with Gasteiger partial charge in [0, 0.05) is 43.1 Å². The normalized spacial score (nSPS) is 24.2. The first kappa shape index (κ1) is 24.7. The number of halogens is 1. The van der Waals surface area contributed by atoms with Crippen molar-refractivity contribution in [2.75, 3.05) is 39.3 Å². The van der Waals surface area contributed by atoms with Gasteiger partial charge in [0.25, 0.3) is 0 Å². The number of likely N-dealkylation sites (tertiary alicyclic amines) is 1.